The van der Waals surface area contributed by atoms with E-state index in [1.54, 1.807) is 24.8 Å². The van der Waals surface area contributed by atoms with Crippen LogP contribution in [0.25, 0.3) is 0 Å². The zero-order valence-corrected chi connectivity index (χ0v) is 10.5. The molecule has 0 radical (unpaired) electrons. The first-order chi connectivity index (χ1) is 6.72. The zero-order valence-electron chi connectivity index (χ0n) is 8.93. The Morgan fingerprint density at radius 1 is 1.07 bits per heavy atom. The predicted molar refractivity (Wildman–Crippen MR) is 63.3 cm³/mol. The van der Waals surface area contributed by atoms with Crippen molar-refractivity contribution in [1.82, 2.24) is 0 Å². The molecule has 0 aromatic rings. The van der Waals surface area contributed by atoms with Crippen LogP contribution in [0.5, 0.6) is 0 Å². The zero-order chi connectivity index (χ0) is 9.76. The van der Waals surface area contributed by atoms with Crippen molar-refractivity contribution in [2.45, 2.75) is 45.4 Å². The van der Waals surface area contributed by atoms with E-state index in [9.17, 15) is 0 Å². The van der Waals surface area contributed by atoms with Gasteiger partial charge in [-0.05, 0) is 73.6 Å². The third-order valence-corrected chi connectivity index (χ3v) is 5.73. The molecular formula is C13H19Br. The Labute approximate surface area is 95.3 Å². The smallest absolute Gasteiger partial charge is 0.00747 e. The van der Waals surface area contributed by atoms with Gasteiger partial charge in [-0.2, -0.15) is 0 Å². The molecule has 4 bridgehead atoms. The lowest BCUT2D eigenvalue weighted by molar-refractivity contribution is -0.0302. The lowest BCUT2D eigenvalue weighted by atomic mass is 9.48. The van der Waals surface area contributed by atoms with Crippen LogP contribution in [0.15, 0.2) is 10.6 Å². The maximum Gasteiger partial charge on any atom is -0.00747 e. The molecule has 0 atom stereocenters. The topological polar surface area (TPSA) is 0 Å². The molecular weight excluding hydrogens is 236 g/mol. The highest BCUT2D eigenvalue weighted by molar-refractivity contribution is 9.11. The van der Waals surface area contributed by atoms with Gasteiger partial charge in [0.15, 0.2) is 0 Å². The molecule has 0 saturated heterocycles. The average molecular weight is 255 g/mol. The van der Waals surface area contributed by atoms with Crippen LogP contribution < -0.4 is 0 Å². The summed E-state index contributed by atoms with van der Waals surface area (Å²) in [5, 5.41) is 0. The van der Waals surface area contributed by atoms with E-state index in [0.29, 0.717) is 5.41 Å². The lowest BCUT2D eigenvalue weighted by Gasteiger charge is -2.57. The Morgan fingerprint density at radius 2 is 1.50 bits per heavy atom. The van der Waals surface area contributed by atoms with Crippen LogP contribution in [-0.4, -0.2) is 0 Å². The van der Waals surface area contributed by atoms with Crippen molar-refractivity contribution in [2.75, 3.05) is 0 Å². The number of allylic oxidation sites excluding steroid dienone is 1. The van der Waals surface area contributed by atoms with Crippen molar-refractivity contribution in [3.63, 3.8) is 0 Å². The average Bonchev–Trinajstić information content (AvgIpc) is 2.14. The van der Waals surface area contributed by atoms with E-state index in [0.717, 1.165) is 17.8 Å². The second-order valence-corrected chi connectivity index (χ2v) is 6.45. The molecule has 4 aliphatic carbocycles. The third kappa shape index (κ3) is 1.24. The minimum atomic E-state index is 0.623. The van der Waals surface area contributed by atoms with Gasteiger partial charge in [0.25, 0.3) is 0 Å². The molecule has 1 heteroatoms. The van der Waals surface area contributed by atoms with Crippen LogP contribution in [0.4, 0.5) is 0 Å². The van der Waals surface area contributed by atoms with E-state index < -0.39 is 0 Å². The normalized spacial score (nSPS) is 51.3. The summed E-state index contributed by atoms with van der Waals surface area (Å²) in [5.41, 5.74) is 2.25. The van der Waals surface area contributed by atoms with Crippen molar-refractivity contribution in [3.8, 4) is 0 Å². The van der Waals surface area contributed by atoms with Gasteiger partial charge in [-0.1, -0.05) is 21.5 Å². The van der Waals surface area contributed by atoms with Gasteiger partial charge in [-0.25, -0.2) is 0 Å². The highest BCUT2D eigenvalue weighted by Gasteiger charge is 2.51. The fraction of sp³-hybridized carbons (Fsp3) is 0.846. The van der Waals surface area contributed by atoms with Crippen molar-refractivity contribution in [2.24, 2.45) is 23.2 Å². The second kappa shape index (κ2) is 3.10. The maximum absolute atomic E-state index is 3.54. The maximum atomic E-state index is 3.54. The SMILES string of the molecule is C/C(=C\Br)C12CC3CC(CC(C3)C1)C2. The molecule has 0 nitrogen and oxygen atoms in total. The Hall–Kier alpha value is 0.220. The lowest BCUT2D eigenvalue weighted by Crippen LogP contribution is -2.46. The minimum Gasteiger partial charge on any atom is -0.0602 e. The van der Waals surface area contributed by atoms with Gasteiger partial charge in [0.05, 0.1) is 0 Å². The summed E-state index contributed by atoms with van der Waals surface area (Å²) in [6.07, 6.45) is 9.13. The molecule has 78 valence electrons. The number of hydrogen-bond acceptors (Lipinski definition) is 0. The second-order valence-electron chi connectivity index (χ2n) is 5.99. The third-order valence-electron chi connectivity index (χ3n) is 5.04. The fourth-order valence-corrected chi connectivity index (χ4v) is 5.19. The molecule has 0 N–H and O–H groups in total. The Bertz CT molecular complexity index is 242. The van der Waals surface area contributed by atoms with Crippen molar-refractivity contribution < 1.29 is 0 Å². The number of halogens is 1. The first-order valence-electron chi connectivity index (χ1n) is 5.99. The summed E-state index contributed by atoms with van der Waals surface area (Å²) < 4.78 is 0. The molecule has 0 aromatic carbocycles. The van der Waals surface area contributed by atoms with Crippen molar-refractivity contribution in [1.29, 1.82) is 0 Å². The van der Waals surface area contributed by atoms with Gasteiger partial charge in [0.1, 0.15) is 0 Å². The summed E-state index contributed by atoms with van der Waals surface area (Å²) in [7, 11) is 0. The molecule has 4 fully saturated rings. The Balaban J connectivity index is 1.94. The molecule has 0 amide bonds. The number of rotatable bonds is 1. The Morgan fingerprint density at radius 3 is 1.86 bits per heavy atom. The van der Waals surface area contributed by atoms with Crippen LogP contribution in [0.3, 0.4) is 0 Å². The molecule has 0 spiro atoms. The van der Waals surface area contributed by atoms with Gasteiger partial charge in [-0.15, -0.1) is 0 Å². The highest BCUT2D eigenvalue weighted by atomic mass is 79.9. The van der Waals surface area contributed by atoms with Gasteiger partial charge in [0, 0.05) is 0 Å². The summed E-state index contributed by atoms with van der Waals surface area (Å²) in [6, 6.07) is 0. The van der Waals surface area contributed by atoms with E-state index >= 15 is 0 Å². The summed E-state index contributed by atoms with van der Waals surface area (Å²) in [6.45, 7) is 2.34. The molecule has 4 aliphatic rings. The van der Waals surface area contributed by atoms with Crippen LogP contribution in [0.1, 0.15) is 45.4 Å². The van der Waals surface area contributed by atoms with Crippen LogP contribution >= 0.6 is 15.9 Å². The predicted octanol–water partition coefficient (Wildman–Crippen LogP) is 4.50. The van der Waals surface area contributed by atoms with Crippen LogP contribution in [0, 0.1) is 23.2 Å². The quantitative estimate of drug-likeness (QED) is 0.647. The molecule has 4 rings (SSSR count). The molecule has 0 aromatic heterocycles. The monoisotopic (exact) mass is 254 g/mol. The standard InChI is InChI=1S/C13H19Br/c1-9(8-14)13-5-10-2-11(6-13)4-12(3-10)7-13/h8,10-12H,2-7H2,1H3/b9-8+. The summed E-state index contributed by atoms with van der Waals surface area (Å²) in [4.78, 5) is 2.19. The molecule has 0 heterocycles. The largest absolute Gasteiger partial charge is 0.0602 e. The molecule has 0 unspecified atom stereocenters. The van der Waals surface area contributed by atoms with E-state index in [-0.39, 0.29) is 0 Å². The summed E-state index contributed by atoms with van der Waals surface area (Å²) in [5.74, 6) is 3.22. The van der Waals surface area contributed by atoms with E-state index in [2.05, 4.69) is 27.8 Å². The first kappa shape index (κ1) is 9.45. The molecule has 4 saturated carbocycles. The van der Waals surface area contributed by atoms with Crippen molar-refractivity contribution in [3.05, 3.63) is 10.6 Å². The molecule has 14 heavy (non-hydrogen) atoms. The van der Waals surface area contributed by atoms with E-state index in [1.165, 1.54) is 19.3 Å². The fourth-order valence-electron chi connectivity index (χ4n) is 4.71. The van der Waals surface area contributed by atoms with Gasteiger partial charge < -0.3 is 0 Å². The van der Waals surface area contributed by atoms with Gasteiger partial charge in [0.2, 0.25) is 0 Å². The number of hydrogen-bond donors (Lipinski definition) is 0. The first-order valence-corrected chi connectivity index (χ1v) is 6.91. The van der Waals surface area contributed by atoms with Crippen molar-refractivity contribution >= 4 is 15.9 Å². The summed E-state index contributed by atoms with van der Waals surface area (Å²) >= 11 is 3.54. The van der Waals surface area contributed by atoms with Crippen LogP contribution in [-0.2, 0) is 0 Å². The van der Waals surface area contributed by atoms with Crippen LogP contribution in [0.2, 0.25) is 0 Å². The minimum absolute atomic E-state index is 0.623. The van der Waals surface area contributed by atoms with Gasteiger partial charge in [-0.3, -0.25) is 0 Å². The Kier molecular flexibility index (Phi) is 2.09. The highest BCUT2D eigenvalue weighted by Crippen LogP contribution is 2.62. The molecule has 0 aliphatic heterocycles. The van der Waals surface area contributed by atoms with E-state index in [4.69, 9.17) is 0 Å². The van der Waals surface area contributed by atoms with E-state index in [1.807, 2.05) is 0 Å². The van der Waals surface area contributed by atoms with Gasteiger partial charge >= 0.3 is 0 Å².